The third kappa shape index (κ3) is 3.64. The number of rotatable bonds is 4. The number of alkyl halides is 1. The van der Waals surface area contributed by atoms with Gasteiger partial charge in [0.15, 0.2) is 11.5 Å². The molecule has 1 aromatic rings. The van der Waals surface area contributed by atoms with Crippen LogP contribution in [0.5, 0.6) is 11.5 Å². The van der Waals surface area contributed by atoms with Crippen LogP contribution in [0.2, 0.25) is 0 Å². The Bertz CT molecular complexity index is 390. The van der Waals surface area contributed by atoms with E-state index in [1.807, 2.05) is 6.07 Å². The first-order valence-electron chi connectivity index (χ1n) is 6.69. The van der Waals surface area contributed by atoms with Gasteiger partial charge in [-0.1, -0.05) is 35.8 Å². The lowest BCUT2D eigenvalue weighted by Gasteiger charge is -2.14. The van der Waals surface area contributed by atoms with E-state index in [9.17, 15) is 0 Å². The third-order valence-electron chi connectivity index (χ3n) is 3.24. The van der Waals surface area contributed by atoms with Gasteiger partial charge in [-0.3, -0.25) is 0 Å². The molecule has 0 N–H and O–H groups in total. The molecular weight excluding hydrogens is 292 g/mol. The highest BCUT2D eigenvalue weighted by Crippen LogP contribution is 2.31. The summed E-state index contributed by atoms with van der Waals surface area (Å²) in [6, 6.07) is 6.31. The van der Waals surface area contributed by atoms with E-state index in [4.69, 9.17) is 9.47 Å². The van der Waals surface area contributed by atoms with Gasteiger partial charge in [0.1, 0.15) is 0 Å². The molecule has 0 saturated heterocycles. The maximum Gasteiger partial charge on any atom is 0.161 e. The lowest BCUT2D eigenvalue weighted by atomic mass is 10.0. The zero-order valence-electron chi connectivity index (χ0n) is 11.1. The Kier molecular flexibility index (Phi) is 4.93. The average molecular weight is 313 g/mol. The molecule has 0 bridgehead atoms. The lowest BCUT2D eigenvalue weighted by molar-refractivity contribution is 0.297. The zero-order chi connectivity index (χ0) is 13.0. The average Bonchev–Trinajstić information content (AvgIpc) is 2.60. The summed E-state index contributed by atoms with van der Waals surface area (Å²) in [5.41, 5.74) is 1.32. The van der Waals surface area contributed by atoms with Crippen LogP contribution in [0.25, 0.3) is 0 Å². The Balaban J connectivity index is 2.00. The van der Waals surface area contributed by atoms with Crippen molar-refractivity contribution in [2.24, 2.45) is 5.92 Å². The number of fused-ring (bicyclic) bond motifs is 1. The molecule has 1 aromatic carbocycles. The van der Waals surface area contributed by atoms with Crippen molar-refractivity contribution in [2.45, 2.75) is 37.9 Å². The molecule has 0 radical (unpaired) electrons. The van der Waals surface area contributed by atoms with Crippen molar-refractivity contribution < 1.29 is 9.47 Å². The van der Waals surface area contributed by atoms with Crippen LogP contribution in [0, 0.1) is 5.92 Å². The van der Waals surface area contributed by atoms with E-state index in [0.29, 0.717) is 10.7 Å². The molecule has 1 aliphatic rings. The minimum Gasteiger partial charge on any atom is -0.490 e. The molecule has 0 fully saturated rings. The molecule has 1 aliphatic heterocycles. The normalized spacial score (nSPS) is 16.4. The van der Waals surface area contributed by atoms with Gasteiger partial charge in [-0.2, -0.15) is 0 Å². The summed E-state index contributed by atoms with van der Waals surface area (Å²) in [5, 5.41) is 0. The van der Waals surface area contributed by atoms with E-state index < -0.39 is 0 Å². The monoisotopic (exact) mass is 312 g/mol. The van der Waals surface area contributed by atoms with Crippen LogP contribution in [-0.2, 0) is 6.42 Å². The molecule has 0 spiro atoms. The van der Waals surface area contributed by atoms with Crippen LogP contribution in [0.15, 0.2) is 18.2 Å². The van der Waals surface area contributed by atoms with Gasteiger partial charge in [0.25, 0.3) is 0 Å². The molecule has 100 valence electrons. The Hall–Kier alpha value is -0.700. The van der Waals surface area contributed by atoms with E-state index in [2.05, 4.69) is 41.9 Å². The first-order valence-corrected chi connectivity index (χ1v) is 7.61. The maximum absolute atomic E-state index is 5.71. The summed E-state index contributed by atoms with van der Waals surface area (Å²) in [6.45, 7) is 5.99. The summed E-state index contributed by atoms with van der Waals surface area (Å²) in [4.78, 5) is 0.577. The predicted molar refractivity (Wildman–Crippen MR) is 77.9 cm³/mol. The minimum atomic E-state index is 0.577. The highest BCUT2D eigenvalue weighted by Gasteiger charge is 2.12. The number of halogens is 1. The second-order valence-corrected chi connectivity index (χ2v) is 6.31. The smallest absolute Gasteiger partial charge is 0.161 e. The minimum absolute atomic E-state index is 0.577. The second kappa shape index (κ2) is 6.46. The largest absolute Gasteiger partial charge is 0.490 e. The number of benzene rings is 1. The SMILES string of the molecule is CC(C)C(Br)CCc1ccc2c(c1)OCCCO2. The van der Waals surface area contributed by atoms with Gasteiger partial charge in [0.05, 0.1) is 13.2 Å². The topological polar surface area (TPSA) is 18.5 Å². The van der Waals surface area contributed by atoms with Crippen LogP contribution in [0.4, 0.5) is 0 Å². The molecule has 1 heterocycles. The van der Waals surface area contributed by atoms with E-state index in [0.717, 1.165) is 44.0 Å². The molecule has 18 heavy (non-hydrogen) atoms. The summed E-state index contributed by atoms with van der Waals surface area (Å²) in [6.07, 6.45) is 3.18. The van der Waals surface area contributed by atoms with Gasteiger partial charge in [-0.05, 0) is 36.5 Å². The quantitative estimate of drug-likeness (QED) is 0.776. The van der Waals surface area contributed by atoms with Crippen LogP contribution < -0.4 is 9.47 Å². The van der Waals surface area contributed by atoms with Crippen molar-refractivity contribution in [1.82, 2.24) is 0 Å². The lowest BCUT2D eigenvalue weighted by Crippen LogP contribution is -2.08. The van der Waals surface area contributed by atoms with Gasteiger partial charge >= 0.3 is 0 Å². The summed E-state index contributed by atoms with van der Waals surface area (Å²) >= 11 is 3.73. The molecule has 0 amide bonds. The first-order chi connectivity index (χ1) is 8.66. The third-order valence-corrected chi connectivity index (χ3v) is 4.76. The molecule has 0 aliphatic carbocycles. The Morgan fingerprint density at radius 2 is 1.89 bits per heavy atom. The van der Waals surface area contributed by atoms with E-state index >= 15 is 0 Å². The second-order valence-electron chi connectivity index (χ2n) is 5.13. The first kappa shape index (κ1) is 13.7. The van der Waals surface area contributed by atoms with Crippen LogP contribution in [0.1, 0.15) is 32.3 Å². The van der Waals surface area contributed by atoms with Crippen molar-refractivity contribution in [3.8, 4) is 11.5 Å². The van der Waals surface area contributed by atoms with Crippen molar-refractivity contribution in [2.75, 3.05) is 13.2 Å². The fourth-order valence-corrected chi connectivity index (χ4v) is 2.23. The summed E-state index contributed by atoms with van der Waals surface area (Å²) < 4.78 is 11.3. The fraction of sp³-hybridized carbons (Fsp3) is 0.600. The van der Waals surface area contributed by atoms with Crippen molar-refractivity contribution in [1.29, 1.82) is 0 Å². The van der Waals surface area contributed by atoms with Crippen molar-refractivity contribution in [3.05, 3.63) is 23.8 Å². The molecule has 1 atom stereocenters. The Labute approximate surface area is 118 Å². The molecule has 2 nitrogen and oxygen atoms in total. The highest BCUT2D eigenvalue weighted by atomic mass is 79.9. The molecule has 3 heteroatoms. The van der Waals surface area contributed by atoms with Crippen molar-refractivity contribution >= 4 is 15.9 Å². The molecule has 0 aromatic heterocycles. The number of hydrogen-bond acceptors (Lipinski definition) is 2. The van der Waals surface area contributed by atoms with E-state index in [1.165, 1.54) is 5.56 Å². The number of hydrogen-bond donors (Lipinski definition) is 0. The standard InChI is InChI=1S/C15H21BrO2/c1-11(2)13(16)6-4-12-5-7-14-15(10-12)18-9-3-8-17-14/h5,7,10-11,13H,3-4,6,8-9H2,1-2H3. The fourth-order valence-electron chi connectivity index (χ4n) is 2.00. The summed E-state index contributed by atoms with van der Waals surface area (Å²) in [7, 11) is 0. The summed E-state index contributed by atoms with van der Waals surface area (Å²) in [5.74, 6) is 2.46. The Morgan fingerprint density at radius 3 is 2.61 bits per heavy atom. The van der Waals surface area contributed by atoms with Gasteiger partial charge in [0.2, 0.25) is 0 Å². The van der Waals surface area contributed by atoms with Gasteiger partial charge in [-0.25, -0.2) is 0 Å². The Morgan fingerprint density at radius 1 is 1.17 bits per heavy atom. The number of aryl methyl sites for hydroxylation is 1. The molecular formula is C15H21BrO2. The van der Waals surface area contributed by atoms with Gasteiger partial charge in [-0.15, -0.1) is 0 Å². The molecule has 1 unspecified atom stereocenters. The predicted octanol–water partition coefficient (Wildman–Crippen LogP) is 4.20. The van der Waals surface area contributed by atoms with E-state index in [1.54, 1.807) is 0 Å². The van der Waals surface area contributed by atoms with Crippen LogP contribution >= 0.6 is 15.9 Å². The highest BCUT2D eigenvalue weighted by molar-refractivity contribution is 9.09. The zero-order valence-corrected chi connectivity index (χ0v) is 12.7. The maximum atomic E-state index is 5.71. The van der Waals surface area contributed by atoms with Crippen LogP contribution in [0.3, 0.4) is 0 Å². The van der Waals surface area contributed by atoms with E-state index in [-0.39, 0.29) is 0 Å². The van der Waals surface area contributed by atoms with Gasteiger partial charge in [0, 0.05) is 11.2 Å². The van der Waals surface area contributed by atoms with Gasteiger partial charge < -0.3 is 9.47 Å². The number of ether oxygens (including phenoxy) is 2. The molecule has 0 saturated carbocycles. The van der Waals surface area contributed by atoms with Crippen molar-refractivity contribution in [3.63, 3.8) is 0 Å². The van der Waals surface area contributed by atoms with Crippen LogP contribution in [-0.4, -0.2) is 18.0 Å². The molecule has 2 rings (SSSR count).